The summed E-state index contributed by atoms with van der Waals surface area (Å²) in [4.78, 5) is 10.5. The first-order chi connectivity index (χ1) is 11.1. The van der Waals surface area contributed by atoms with E-state index in [1.807, 2.05) is 6.92 Å². The van der Waals surface area contributed by atoms with Gasteiger partial charge in [-0.3, -0.25) is 10.1 Å². The molecule has 0 unspecified atom stereocenters. The Morgan fingerprint density at radius 1 is 1.25 bits per heavy atom. The average molecular weight is 350 g/mol. The Balaban J connectivity index is 2.76. The fourth-order valence-corrected chi connectivity index (χ4v) is 2.73. The van der Waals surface area contributed by atoms with Crippen molar-refractivity contribution in [2.75, 3.05) is 13.2 Å². The summed E-state index contributed by atoms with van der Waals surface area (Å²) >= 11 is 0. The Kier molecular flexibility index (Phi) is 7.00. The van der Waals surface area contributed by atoms with Gasteiger partial charge in [0.25, 0.3) is 5.69 Å². The fraction of sp³-hybridized carbons (Fsp3) is 0.556. The second-order valence-corrected chi connectivity index (χ2v) is 11.9. The lowest BCUT2D eigenvalue weighted by Gasteiger charge is -2.36. The number of ether oxygens (including phenoxy) is 1. The summed E-state index contributed by atoms with van der Waals surface area (Å²) in [6, 6.07) is 4.48. The van der Waals surface area contributed by atoms with Crippen LogP contribution in [-0.4, -0.2) is 26.5 Å². The van der Waals surface area contributed by atoms with Crippen LogP contribution in [0, 0.1) is 22.0 Å². The average Bonchev–Trinajstić information content (AvgIpc) is 2.48. The highest BCUT2D eigenvalue weighted by atomic mass is 28.4. The zero-order chi connectivity index (χ0) is 18.4. The first-order valence-corrected chi connectivity index (χ1v) is 11.0. The Morgan fingerprint density at radius 2 is 1.92 bits per heavy atom. The molecular weight excluding hydrogens is 322 g/mol. The molecule has 1 rings (SSSR count). The van der Waals surface area contributed by atoms with E-state index in [-0.39, 0.29) is 10.7 Å². The van der Waals surface area contributed by atoms with Gasteiger partial charge < -0.3 is 9.16 Å². The maximum absolute atomic E-state index is 10.9. The third kappa shape index (κ3) is 5.66. The largest absolute Gasteiger partial charge is 0.490 e. The lowest BCUT2D eigenvalue weighted by atomic mass is 10.2. The number of hydrogen-bond acceptors (Lipinski definition) is 4. The van der Waals surface area contributed by atoms with Gasteiger partial charge in [0.2, 0.25) is 0 Å². The Morgan fingerprint density at radius 3 is 2.46 bits per heavy atom. The van der Waals surface area contributed by atoms with Crippen LogP contribution < -0.4 is 4.74 Å². The molecule has 0 N–H and O–H groups in total. The smallest absolute Gasteiger partial charge is 0.270 e. The highest BCUT2D eigenvalue weighted by molar-refractivity contribution is 6.74. The maximum Gasteiger partial charge on any atom is 0.270 e. The molecule has 132 valence electrons. The third-order valence-electron chi connectivity index (χ3n) is 4.18. The van der Waals surface area contributed by atoms with E-state index < -0.39 is 13.2 Å². The fourth-order valence-electron chi connectivity index (χ4n) is 1.70. The minimum Gasteiger partial charge on any atom is -0.490 e. The molecule has 0 saturated heterocycles. The van der Waals surface area contributed by atoms with Gasteiger partial charge in [-0.1, -0.05) is 39.5 Å². The topological polar surface area (TPSA) is 61.6 Å². The number of nitro groups is 1. The van der Waals surface area contributed by atoms with Crippen LogP contribution in [0.2, 0.25) is 18.1 Å². The molecule has 1 aromatic rings. The van der Waals surface area contributed by atoms with Crippen LogP contribution in [0.25, 0.3) is 0 Å². The van der Waals surface area contributed by atoms with Crippen LogP contribution in [0.15, 0.2) is 18.2 Å². The third-order valence-corrected chi connectivity index (χ3v) is 8.72. The molecule has 0 fully saturated rings. The van der Waals surface area contributed by atoms with E-state index in [2.05, 4.69) is 45.7 Å². The van der Waals surface area contributed by atoms with Gasteiger partial charge in [-0.05, 0) is 24.2 Å². The van der Waals surface area contributed by atoms with Crippen molar-refractivity contribution in [3.05, 3.63) is 33.9 Å². The van der Waals surface area contributed by atoms with E-state index in [0.29, 0.717) is 30.9 Å². The Hall–Kier alpha value is -1.84. The molecular formula is C18H27NO4Si. The van der Waals surface area contributed by atoms with Crippen LogP contribution in [0.5, 0.6) is 5.75 Å². The molecule has 0 heterocycles. The molecule has 0 aliphatic heterocycles. The first kappa shape index (κ1) is 20.2. The molecule has 0 atom stereocenters. The zero-order valence-electron chi connectivity index (χ0n) is 15.4. The van der Waals surface area contributed by atoms with Crippen LogP contribution in [0.1, 0.15) is 39.7 Å². The molecule has 0 aliphatic rings. The highest BCUT2D eigenvalue weighted by Gasteiger charge is 2.36. The minimum absolute atomic E-state index is 0.0141. The van der Waals surface area contributed by atoms with Gasteiger partial charge in [0.1, 0.15) is 12.4 Å². The van der Waals surface area contributed by atoms with Crippen molar-refractivity contribution in [1.82, 2.24) is 0 Å². The van der Waals surface area contributed by atoms with Crippen molar-refractivity contribution in [2.24, 2.45) is 0 Å². The van der Waals surface area contributed by atoms with Gasteiger partial charge in [0, 0.05) is 18.6 Å². The highest BCUT2D eigenvalue weighted by Crippen LogP contribution is 2.36. The molecule has 0 saturated carbocycles. The monoisotopic (exact) mass is 349 g/mol. The van der Waals surface area contributed by atoms with E-state index >= 15 is 0 Å². The van der Waals surface area contributed by atoms with Crippen LogP contribution in [0.3, 0.4) is 0 Å². The summed E-state index contributed by atoms with van der Waals surface area (Å²) in [5.74, 6) is 6.41. The summed E-state index contributed by atoms with van der Waals surface area (Å²) in [7, 11) is -1.80. The van der Waals surface area contributed by atoms with Crippen molar-refractivity contribution >= 4 is 14.0 Å². The number of nitro benzene ring substituents is 1. The molecule has 0 spiro atoms. The van der Waals surface area contributed by atoms with Crippen molar-refractivity contribution in [3.8, 4) is 17.6 Å². The summed E-state index contributed by atoms with van der Waals surface area (Å²) in [5, 5.41) is 11.1. The lowest BCUT2D eigenvalue weighted by molar-refractivity contribution is -0.384. The number of nitrogens with zero attached hydrogens (tertiary/aromatic N) is 1. The van der Waals surface area contributed by atoms with Gasteiger partial charge in [-0.15, -0.1) is 0 Å². The summed E-state index contributed by atoms with van der Waals surface area (Å²) in [5.41, 5.74) is 0.554. The Labute approximate surface area is 145 Å². The van der Waals surface area contributed by atoms with E-state index in [1.165, 1.54) is 12.1 Å². The second-order valence-electron chi connectivity index (χ2n) is 7.05. The number of non-ortho nitro benzene ring substituents is 1. The predicted molar refractivity (Wildman–Crippen MR) is 98.9 cm³/mol. The molecule has 0 bridgehead atoms. The van der Waals surface area contributed by atoms with E-state index in [0.717, 1.165) is 0 Å². The maximum atomic E-state index is 10.9. The lowest BCUT2D eigenvalue weighted by Crippen LogP contribution is -2.41. The van der Waals surface area contributed by atoms with Crippen molar-refractivity contribution < 1.29 is 14.1 Å². The molecule has 0 amide bonds. The predicted octanol–water partition coefficient (Wildman–Crippen LogP) is 4.76. The zero-order valence-corrected chi connectivity index (χ0v) is 16.4. The van der Waals surface area contributed by atoms with E-state index in [1.54, 1.807) is 6.07 Å². The second kappa shape index (κ2) is 8.31. The standard InChI is InChI=1S/C18H27NO4Si/c1-7-8-9-15-14-16(19(20)21)10-11-17(15)22-12-13-23-24(5,6)18(2,3)4/h10-11,14H,7,12-13H2,1-6H3. The van der Waals surface area contributed by atoms with Gasteiger partial charge in [-0.25, -0.2) is 0 Å². The molecule has 0 aliphatic carbocycles. The van der Waals surface area contributed by atoms with E-state index in [4.69, 9.17) is 9.16 Å². The minimum atomic E-state index is -1.80. The van der Waals surface area contributed by atoms with E-state index in [9.17, 15) is 10.1 Å². The quantitative estimate of drug-likeness (QED) is 0.244. The van der Waals surface area contributed by atoms with Crippen LogP contribution >= 0.6 is 0 Å². The summed E-state index contributed by atoms with van der Waals surface area (Å²) in [6.07, 6.45) is 0.677. The summed E-state index contributed by atoms with van der Waals surface area (Å²) < 4.78 is 11.8. The van der Waals surface area contributed by atoms with Crippen molar-refractivity contribution in [2.45, 2.75) is 52.2 Å². The van der Waals surface area contributed by atoms with Gasteiger partial charge in [0.15, 0.2) is 8.32 Å². The van der Waals surface area contributed by atoms with Crippen LogP contribution in [-0.2, 0) is 4.43 Å². The first-order valence-electron chi connectivity index (χ1n) is 8.12. The van der Waals surface area contributed by atoms with Crippen LogP contribution in [0.4, 0.5) is 5.69 Å². The summed E-state index contributed by atoms with van der Waals surface area (Å²) in [6.45, 7) is 13.8. The van der Waals surface area contributed by atoms with Crippen molar-refractivity contribution in [3.63, 3.8) is 0 Å². The molecule has 5 nitrogen and oxygen atoms in total. The van der Waals surface area contributed by atoms with Gasteiger partial charge in [-0.2, -0.15) is 0 Å². The van der Waals surface area contributed by atoms with Crippen molar-refractivity contribution in [1.29, 1.82) is 0 Å². The SMILES string of the molecule is CCC#Cc1cc([N+](=O)[O-])ccc1OCCO[Si](C)(C)C(C)(C)C. The van der Waals surface area contributed by atoms with Gasteiger partial charge in [0.05, 0.1) is 17.1 Å². The normalized spacial score (nSPS) is 11.6. The Bertz CT molecular complexity index is 639. The molecule has 1 aromatic carbocycles. The number of benzene rings is 1. The molecule has 24 heavy (non-hydrogen) atoms. The molecule has 6 heteroatoms. The molecule has 0 radical (unpaired) electrons. The molecule has 0 aromatic heterocycles. The number of rotatable bonds is 6. The van der Waals surface area contributed by atoms with Gasteiger partial charge >= 0.3 is 0 Å². The number of hydrogen-bond donors (Lipinski definition) is 0.